The molecule has 0 bridgehead atoms. The molecule has 1 N–H and O–H groups in total. The van der Waals surface area contributed by atoms with Gasteiger partial charge in [-0.15, -0.1) is 0 Å². The van der Waals surface area contributed by atoms with Crippen LogP contribution in [0.1, 0.15) is 20.7 Å². The fraction of sp³-hybridized carbons (Fsp3) is 0. The number of amides is 2. The molecular weight excluding hydrogens is 213 g/mol. The number of fused-ring (bicyclic) bond motifs is 1. The maximum Gasteiger partial charge on any atom is 0.258 e. The zero-order valence-corrected chi connectivity index (χ0v) is 7.74. The summed E-state index contributed by atoms with van der Waals surface area (Å²) in [5.41, 5.74) is 0.554. The van der Waals surface area contributed by atoms with Crippen molar-refractivity contribution in [3.05, 3.63) is 33.3 Å². The van der Waals surface area contributed by atoms with E-state index in [4.69, 9.17) is 23.2 Å². The standard InChI is InChI=1S/C8H3Cl2NO2/c9-5-1-3-4(2-6(5)10)8(13)11-7(3)12/h1-2H,(H,11,12,13). The van der Waals surface area contributed by atoms with Gasteiger partial charge in [-0.2, -0.15) is 0 Å². The highest BCUT2D eigenvalue weighted by Crippen LogP contribution is 2.28. The van der Waals surface area contributed by atoms with Crippen molar-refractivity contribution in [3.8, 4) is 0 Å². The molecule has 0 radical (unpaired) electrons. The summed E-state index contributed by atoms with van der Waals surface area (Å²) >= 11 is 11.4. The van der Waals surface area contributed by atoms with Crippen LogP contribution in [0.15, 0.2) is 12.1 Å². The molecule has 0 aromatic heterocycles. The van der Waals surface area contributed by atoms with Crippen LogP contribution in [0.4, 0.5) is 0 Å². The number of halogens is 2. The first-order valence-electron chi connectivity index (χ1n) is 3.44. The minimum absolute atomic E-state index is 0.269. The predicted molar refractivity (Wildman–Crippen MR) is 48.3 cm³/mol. The second-order valence-corrected chi connectivity index (χ2v) is 3.41. The number of hydrogen-bond donors (Lipinski definition) is 1. The maximum absolute atomic E-state index is 11.1. The molecule has 3 nitrogen and oxygen atoms in total. The van der Waals surface area contributed by atoms with Crippen LogP contribution in [0, 0.1) is 0 Å². The number of rotatable bonds is 0. The van der Waals surface area contributed by atoms with Gasteiger partial charge in [0.15, 0.2) is 0 Å². The first-order chi connectivity index (χ1) is 6.09. The number of benzene rings is 1. The minimum atomic E-state index is -0.432. The molecule has 13 heavy (non-hydrogen) atoms. The smallest absolute Gasteiger partial charge is 0.258 e. The molecular formula is C8H3Cl2NO2. The van der Waals surface area contributed by atoms with Gasteiger partial charge in [0, 0.05) is 0 Å². The first kappa shape index (κ1) is 8.53. The molecule has 1 aliphatic heterocycles. The van der Waals surface area contributed by atoms with Crippen molar-refractivity contribution < 1.29 is 9.59 Å². The first-order valence-corrected chi connectivity index (χ1v) is 4.20. The van der Waals surface area contributed by atoms with Crippen LogP contribution in [-0.4, -0.2) is 11.8 Å². The van der Waals surface area contributed by atoms with E-state index >= 15 is 0 Å². The van der Waals surface area contributed by atoms with E-state index in [9.17, 15) is 9.59 Å². The van der Waals surface area contributed by atoms with E-state index in [1.54, 1.807) is 0 Å². The van der Waals surface area contributed by atoms with Crippen molar-refractivity contribution in [2.24, 2.45) is 0 Å². The molecule has 2 rings (SSSR count). The Bertz CT molecular complexity index is 389. The van der Waals surface area contributed by atoms with E-state index in [1.807, 2.05) is 0 Å². The monoisotopic (exact) mass is 215 g/mol. The Morgan fingerprint density at radius 3 is 1.69 bits per heavy atom. The molecule has 0 unspecified atom stereocenters. The number of hydrogen-bond acceptors (Lipinski definition) is 2. The van der Waals surface area contributed by atoms with Gasteiger partial charge in [0.1, 0.15) is 0 Å². The molecule has 0 saturated heterocycles. The molecule has 0 aliphatic carbocycles. The van der Waals surface area contributed by atoms with E-state index in [1.165, 1.54) is 12.1 Å². The fourth-order valence-corrected chi connectivity index (χ4v) is 1.49. The summed E-state index contributed by atoms with van der Waals surface area (Å²) in [4.78, 5) is 22.2. The third kappa shape index (κ3) is 1.20. The maximum atomic E-state index is 11.1. The lowest BCUT2D eigenvalue weighted by Gasteiger charge is -1.97. The normalized spacial score (nSPS) is 14.3. The van der Waals surface area contributed by atoms with Crippen LogP contribution in [0.5, 0.6) is 0 Å². The molecule has 2 amide bonds. The molecule has 1 aromatic carbocycles. The number of carbonyl (C=O) groups is 2. The second-order valence-electron chi connectivity index (χ2n) is 2.60. The quantitative estimate of drug-likeness (QED) is 0.673. The predicted octanol–water partition coefficient (Wildman–Crippen LogP) is 1.88. The summed E-state index contributed by atoms with van der Waals surface area (Å²) in [6, 6.07) is 2.78. The van der Waals surface area contributed by atoms with Crippen LogP contribution in [0.25, 0.3) is 0 Å². The lowest BCUT2D eigenvalue weighted by molar-refractivity contribution is 0.0879. The van der Waals surface area contributed by atoms with Crippen LogP contribution in [0.3, 0.4) is 0 Å². The highest BCUT2D eigenvalue weighted by Gasteiger charge is 2.27. The van der Waals surface area contributed by atoms with E-state index in [0.717, 1.165) is 0 Å². The largest absolute Gasteiger partial charge is 0.288 e. The highest BCUT2D eigenvalue weighted by molar-refractivity contribution is 6.43. The zero-order valence-electron chi connectivity index (χ0n) is 6.23. The fourth-order valence-electron chi connectivity index (χ4n) is 1.16. The van der Waals surface area contributed by atoms with Crippen LogP contribution in [-0.2, 0) is 0 Å². The average Bonchev–Trinajstić information content (AvgIpc) is 2.31. The summed E-state index contributed by atoms with van der Waals surface area (Å²) in [7, 11) is 0. The topological polar surface area (TPSA) is 46.2 Å². The highest BCUT2D eigenvalue weighted by atomic mass is 35.5. The molecule has 5 heteroatoms. The Hall–Kier alpha value is -1.06. The van der Waals surface area contributed by atoms with Gasteiger partial charge in [-0.05, 0) is 12.1 Å². The summed E-state index contributed by atoms with van der Waals surface area (Å²) in [6.07, 6.45) is 0. The Balaban J connectivity index is 2.72. The van der Waals surface area contributed by atoms with Gasteiger partial charge in [-0.1, -0.05) is 23.2 Å². The molecule has 0 fully saturated rings. The summed E-state index contributed by atoms with van der Waals surface area (Å²) in [6.45, 7) is 0. The van der Waals surface area contributed by atoms with E-state index in [-0.39, 0.29) is 21.2 Å². The summed E-state index contributed by atoms with van der Waals surface area (Å²) in [5.74, 6) is -0.864. The molecule has 1 heterocycles. The summed E-state index contributed by atoms with van der Waals surface area (Å²) in [5, 5.41) is 2.68. The van der Waals surface area contributed by atoms with Crippen molar-refractivity contribution >= 4 is 35.0 Å². The third-order valence-corrected chi connectivity index (χ3v) is 2.50. The van der Waals surface area contributed by atoms with E-state index in [2.05, 4.69) is 5.32 Å². The molecule has 0 saturated carbocycles. The zero-order chi connectivity index (χ0) is 9.59. The van der Waals surface area contributed by atoms with Gasteiger partial charge in [0.2, 0.25) is 0 Å². The van der Waals surface area contributed by atoms with Gasteiger partial charge >= 0.3 is 0 Å². The van der Waals surface area contributed by atoms with Crippen molar-refractivity contribution in [1.29, 1.82) is 0 Å². The summed E-state index contributed by atoms with van der Waals surface area (Å²) < 4.78 is 0. The van der Waals surface area contributed by atoms with Crippen molar-refractivity contribution in [1.82, 2.24) is 5.32 Å². The third-order valence-electron chi connectivity index (χ3n) is 1.78. The Morgan fingerprint density at radius 2 is 1.31 bits per heavy atom. The SMILES string of the molecule is O=C1NC(=O)c2cc(Cl)c(Cl)cc21. The lowest BCUT2D eigenvalue weighted by Crippen LogP contribution is -2.19. The van der Waals surface area contributed by atoms with Gasteiger partial charge in [0.05, 0.1) is 21.2 Å². The van der Waals surface area contributed by atoms with Crippen LogP contribution < -0.4 is 5.32 Å². The van der Waals surface area contributed by atoms with Gasteiger partial charge < -0.3 is 0 Å². The van der Waals surface area contributed by atoms with E-state index in [0.29, 0.717) is 0 Å². The lowest BCUT2D eigenvalue weighted by atomic mass is 10.1. The minimum Gasteiger partial charge on any atom is -0.288 e. The van der Waals surface area contributed by atoms with Crippen molar-refractivity contribution in [3.63, 3.8) is 0 Å². The molecule has 1 aromatic rings. The Labute approximate surface area is 83.6 Å². The van der Waals surface area contributed by atoms with Gasteiger partial charge in [0.25, 0.3) is 11.8 Å². The van der Waals surface area contributed by atoms with Gasteiger partial charge in [-0.3, -0.25) is 14.9 Å². The van der Waals surface area contributed by atoms with Crippen molar-refractivity contribution in [2.75, 3.05) is 0 Å². The van der Waals surface area contributed by atoms with Crippen LogP contribution in [0.2, 0.25) is 10.0 Å². The second kappa shape index (κ2) is 2.72. The number of imide groups is 1. The number of carbonyl (C=O) groups excluding carboxylic acids is 2. The average molecular weight is 216 g/mol. The molecule has 0 atom stereocenters. The Morgan fingerprint density at radius 1 is 0.923 bits per heavy atom. The van der Waals surface area contributed by atoms with Gasteiger partial charge in [-0.25, -0.2) is 0 Å². The van der Waals surface area contributed by atoms with Crippen molar-refractivity contribution in [2.45, 2.75) is 0 Å². The van der Waals surface area contributed by atoms with Crippen LogP contribution >= 0.6 is 23.2 Å². The molecule has 66 valence electrons. The molecule has 0 spiro atoms. The molecule has 1 aliphatic rings. The Kier molecular flexibility index (Phi) is 1.78. The number of nitrogens with one attached hydrogen (secondary N) is 1. The van der Waals surface area contributed by atoms with E-state index < -0.39 is 11.8 Å².